The van der Waals surface area contributed by atoms with Gasteiger partial charge < -0.3 is 10.1 Å². The first-order valence-electron chi connectivity index (χ1n) is 7.43. The van der Waals surface area contributed by atoms with Gasteiger partial charge in [0.2, 0.25) is 0 Å². The van der Waals surface area contributed by atoms with Crippen molar-refractivity contribution in [1.29, 1.82) is 0 Å². The fourth-order valence-electron chi connectivity index (χ4n) is 2.18. The maximum Gasteiger partial charge on any atom is 0.278 e. The third-order valence-electron chi connectivity index (χ3n) is 3.18. The van der Waals surface area contributed by atoms with Crippen molar-refractivity contribution in [3.8, 4) is 0 Å². The molecule has 0 saturated heterocycles. The Morgan fingerprint density at radius 2 is 2.18 bits per heavy atom. The predicted molar refractivity (Wildman–Crippen MR) is 87.2 cm³/mol. The normalized spacial score (nSPS) is 11.0. The van der Waals surface area contributed by atoms with E-state index in [2.05, 4.69) is 24.1 Å². The zero-order chi connectivity index (χ0) is 15.9. The standard InChI is InChI=1S/C16H21N3O3/c1-12(2)11-22-10-4-9-17-14-6-7-15(19(20)21)13-5-3-8-18-16(13)14/h3,5-8,12,17H,4,9-11H2,1-2H3. The molecule has 6 heteroatoms. The van der Waals surface area contributed by atoms with Crippen molar-refractivity contribution in [2.45, 2.75) is 20.3 Å². The third kappa shape index (κ3) is 4.14. The van der Waals surface area contributed by atoms with Gasteiger partial charge in [0, 0.05) is 32.0 Å². The minimum Gasteiger partial charge on any atom is -0.383 e. The molecule has 1 N–H and O–H groups in total. The van der Waals surface area contributed by atoms with E-state index in [9.17, 15) is 10.1 Å². The monoisotopic (exact) mass is 303 g/mol. The molecule has 1 aromatic heterocycles. The molecular formula is C16H21N3O3. The summed E-state index contributed by atoms with van der Waals surface area (Å²) < 4.78 is 5.53. The second kappa shape index (κ2) is 7.70. The fraction of sp³-hybridized carbons (Fsp3) is 0.438. The average molecular weight is 303 g/mol. The van der Waals surface area contributed by atoms with Gasteiger partial charge in [-0.05, 0) is 30.5 Å². The number of nitro benzene ring substituents is 1. The van der Waals surface area contributed by atoms with E-state index in [0.29, 0.717) is 23.4 Å². The average Bonchev–Trinajstić information content (AvgIpc) is 2.50. The lowest BCUT2D eigenvalue weighted by molar-refractivity contribution is -0.383. The van der Waals surface area contributed by atoms with Crippen molar-refractivity contribution < 1.29 is 9.66 Å². The van der Waals surface area contributed by atoms with Crippen molar-refractivity contribution in [3.05, 3.63) is 40.6 Å². The Kier molecular flexibility index (Phi) is 5.66. The van der Waals surface area contributed by atoms with Crippen LogP contribution in [-0.2, 0) is 4.74 Å². The number of non-ortho nitro benzene ring substituents is 1. The number of ether oxygens (including phenoxy) is 1. The number of nitrogens with zero attached hydrogens (tertiary/aromatic N) is 2. The van der Waals surface area contributed by atoms with Crippen LogP contribution in [0.3, 0.4) is 0 Å². The molecule has 0 aliphatic carbocycles. The Labute approximate surface area is 129 Å². The van der Waals surface area contributed by atoms with Crippen LogP contribution < -0.4 is 5.32 Å². The van der Waals surface area contributed by atoms with E-state index in [1.54, 1.807) is 24.4 Å². The molecule has 2 rings (SSSR count). The molecule has 6 nitrogen and oxygen atoms in total. The van der Waals surface area contributed by atoms with Gasteiger partial charge in [0.15, 0.2) is 0 Å². The molecule has 1 aromatic carbocycles. The highest BCUT2D eigenvalue weighted by molar-refractivity contribution is 5.96. The molecule has 0 fully saturated rings. The molecule has 0 amide bonds. The van der Waals surface area contributed by atoms with Gasteiger partial charge in [-0.15, -0.1) is 0 Å². The first-order valence-corrected chi connectivity index (χ1v) is 7.43. The highest BCUT2D eigenvalue weighted by atomic mass is 16.6. The summed E-state index contributed by atoms with van der Waals surface area (Å²) in [6, 6.07) is 6.65. The van der Waals surface area contributed by atoms with Gasteiger partial charge in [0.25, 0.3) is 5.69 Å². The highest BCUT2D eigenvalue weighted by Gasteiger charge is 2.14. The molecule has 0 unspecified atom stereocenters. The van der Waals surface area contributed by atoms with Crippen LogP contribution in [0.1, 0.15) is 20.3 Å². The summed E-state index contributed by atoms with van der Waals surface area (Å²) in [5.41, 5.74) is 1.51. The minimum absolute atomic E-state index is 0.0777. The Hall–Kier alpha value is -2.21. The fourth-order valence-corrected chi connectivity index (χ4v) is 2.18. The van der Waals surface area contributed by atoms with Gasteiger partial charge in [-0.3, -0.25) is 15.1 Å². The van der Waals surface area contributed by atoms with Gasteiger partial charge in [-0.1, -0.05) is 13.8 Å². The van der Waals surface area contributed by atoms with E-state index in [4.69, 9.17) is 4.74 Å². The van der Waals surface area contributed by atoms with Crippen LogP contribution in [0.5, 0.6) is 0 Å². The number of fused-ring (bicyclic) bond motifs is 1. The maximum absolute atomic E-state index is 11.1. The van der Waals surface area contributed by atoms with E-state index in [1.165, 1.54) is 6.07 Å². The lowest BCUT2D eigenvalue weighted by atomic mass is 10.1. The summed E-state index contributed by atoms with van der Waals surface area (Å²) in [5.74, 6) is 0.538. The molecule has 118 valence electrons. The SMILES string of the molecule is CC(C)COCCCNc1ccc([N+](=O)[O-])c2cccnc12. The summed E-state index contributed by atoms with van der Waals surface area (Å²) in [6.45, 7) is 6.44. The van der Waals surface area contributed by atoms with Gasteiger partial charge in [0.1, 0.15) is 5.52 Å². The van der Waals surface area contributed by atoms with E-state index in [0.717, 1.165) is 25.3 Å². The summed E-state index contributed by atoms with van der Waals surface area (Å²) in [6.07, 6.45) is 2.51. The predicted octanol–water partition coefficient (Wildman–Crippen LogP) is 3.62. The first kappa shape index (κ1) is 16.2. The van der Waals surface area contributed by atoms with E-state index in [-0.39, 0.29) is 10.6 Å². The number of aromatic nitrogens is 1. The Balaban J connectivity index is 2.00. The lowest BCUT2D eigenvalue weighted by Crippen LogP contribution is -2.09. The summed E-state index contributed by atoms with van der Waals surface area (Å²) >= 11 is 0. The van der Waals surface area contributed by atoms with E-state index in [1.807, 2.05) is 0 Å². The molecule has 0 aliphatic rings. The molecule has 1 heterocycles. The van der Waals surface area contributed by atoms with Gasteiger partial charge in [0.05, 0.1) is 16.0 Å². The second-order valence-corrected chi connectivity index (χ2v) is 5.54. The highest BCUT2D eigenvalue weighted by Crippen LogP contribution is 2.29. The van der Waals surface area contributed by atoms with Crippen LogP contribution in [0.4, 0.5) is 11.4 Å². The van der Waals surface area contributed by atoms with Crippen molar-refractivity contribution in [2.24, 2.45) is 5.92 Å². The number of pyridine rings is 1. The van der Waals surface area contributed by atoms with Crippen LogP contribution in [0.15, 0.2) is 30.5 Å². The van der Waals surface area contributed by atoms with Crippen LogP contribution in [0, 0.1) is 16.0 Å². The maximum atomic E-state index is 11.1. The molecule has 2 aromatic rings. The molecule has 0 bridgehead atoms. The van der Waals surface area contributed by atoms with Crippen LogP contribution in [-0.4, -0.2) is 29.7 Å². The molecule has 0 atom stereocenters. The van der Waals surface area contributed by atoms with Gasteiger partial charge in [-0.2, -0.15) is 0 Å². The molecule has 0 aliphatic heterocycles. The third-order valence-corrected chi connectivity index (χ3v) is 3.18. The van der Waals surface area contributed by atoms with E-state index >= 15 is 0 Å². The minimum atomic E-state index is -0.381. The topological polar surface area (TPSA) is 77.3 Å². The van der Waals surface area contributed by atoms with Crippen LogP contribution in [0.2, 0.25) is 0 Å². The first-order chi connectivity index (χ1) is 10.6. The summed E-state index contributed by atoms with van der Waals surface area (Å²) in [7, 11) is 0. The number of anilines is 1. The number of hydrogen-bond acceptors (Lipinski definition) is 5. The Bertz CT molecular complexity index is 644. The quantitative estimate of drug-likeness (QED) is 0.458. The van der Waals surface area contributed by atoms with Gasteiger partial charge >= 0.3 is 0 Å². The Morgan fingerprint density at radius 3 is 2.91 bits per heavy atom. The van der Waals surface area contributed by atoms with Crippen molar-refractivity contribution in [3.63, 3.8) is 0 Å². The Morgan fingerprint density at radius 1 is 1.36 bits per heavy atom. The summed E-state index contributed by atoms with van der Waals surface area (Å²) in [4.78, 5) is 14.9. The molecular weight excluding hydrogens is 282 g/mol. The van der Waals surface area contributed by atoms with E-state index < -0.39 is 0 Å². The molecule has 0 radical (unpaired) electrons. The number of hydrogen-bond donors (Lipinski definition) is 1. The van der Waals surface area contributed by atoms with Crippen LogP contribution >= 0.6 is 0 Å². The molecule has 0 spiro atoms. The second-order valence-electron chi connectivity index (χ2n) is 5.54. The number of nitro groups is 1. The smallest absolute Gasteiger partial charge is 0.278 e. The van der Waals surface area contributed by atoms with Crippen molar-refractivity contribution in [1.82, 2.24) is 4.98 Å². The van der Waals surface area contributed by atoms with Crippen molar-refractivity contribution in [2.75, 3.05) is 25.1 Å². The van der Waals surface area contributed by atoms with Gasteiger partial charge in [-0.25, -0.2) is 0 Å². The molecule has 22 heavy (non-hydrogen) atoms. The van der Waals surface area contributed by atoms with Crippen molar-refractivity contribution >= 4 is 22.3 Å². The molecule has 0 saturated carbocycles. The van der Waals surface area contributed by atoms with Crippen LogP contribution in [0.25, 0.3) is 10.9 Å². The zero-order valence-corrected chi connectivity index (χ0v) is 12.9. The number of nitrogens with one attached hydrogen (secondary N) is 1. The zero-order valence-electron chi connectivity index (χ0n) is 12.9. The largest absolute Gasteiger partial charge is 0.383 e. The summed E-state index contributed by atoms with van der Waals surface area (Å²) in [5, 5.41) is 14.9. The number of rotatable bonds is 8. The lowest BCUT2D eigenvalue weighted by Gasteiger charge is -2.10. The number of benzene rings is 1.